The quantitative estimate of drug-likeness (QED) is 0.811. The molecule has 1 amide bonds. The largest absolute Gasteiger partial charge is 0.494 e. The Morgan fingerprint density at radius 2 is 1.80 bits per heavy atom. The SMILES string of the molecule is COc1ccc(S(=O)(=O)N2CCN(C(=O)C3CCCC3)CC2)cc1F. The van der Waals surface area contributed by atoms with E-state index in [0.717, 1.165) is 31.7 Å². The van der Waals surface area contributed by atoms with Crippen molar-refractivity contribution in [2.24, 2.45) is 5.92 Å². The maximum atomic E-state index is 13.8. The molecule has 0 spiro atoms. The van der Waals surface area contributed by atoms with Gasteiger partial charge in [0.15, 0.2) is 11.6 Å². The lowest BCUT2D eigenvalue weighted by atomic mass is 10.1. The van der Waals surface area contributed by atoms with Crippen LogP contribution < -0.4 is 4.74 Å². The summed E-state index contributed by atoms with van der Waals surface area (Å²) in [7, 11) is -2.45. The zero-order valence-corrected chi connectivity index (χ0v) is 15.1. The lowest BCUT2D eigenvalue weighted by Gasteiger charge is -2.35. The number of amides is 1. The third kappa shape index (κ3) is 3.64. The van der Waals surface area contributed by atoms with Crippen molar-refractivity contribution in [1.29, 1.82) is 0 Å². The number of benzene rings is 1. The van der Waals surface area contributed by atoms with Gasteiger partial charge in [0.1, 0.15) is 0 Å². The number of hydrogen-bond acceptors (Lipinski definition) is 4. The van der Waals surface area contributed by atoms with Crippen LogP contribution in [0.3, 0.4) is 0 Å². The fourth-order valence-electron chi connectivity index (χ4n) is 3.54. The van der Waals surface area contributed by atoms with Gasteiger partial charge >= 0.3 is 0 Å². The molecule has 0 N–H and O–H groups in total. The van der Waals surface area contributed by atoms with E-state index in [0.29, 0.717) is 13.1 Å². The first-order valence-electron chi connectivity index (χ1n) is 8.56. The Morgan fingerprint density at radius 3 is 2.36 bits per heavy atom. The minimum atomic E-state index is -3.78. The molecule has 138 valence electrons. The molecule has 1 saturated heterocycles. The summed E-state index contributed by atoms with van der Waals surface area (Å²) in [6, 6.07) is 3.62. The topological polar surface area (TPSA) is 66.9 Å². The van der Waals surface area contributed by atoms with Crippen LogP contribution in [0, 0.1) is 11.7 Å². The van der Waals surface area contributed by atoms with Gasteiger partial charge in [-0.25, -0.2) is 12.8 Å². The molecule has 0 aromatic heterocycles. The summed E-state index contributed by atoms with van der Waals surface area (Å²) in [5, 5.41) is 0. The van der Waals surface area contributed by atoms with Crippen LogP contribution in [0.4, 0.5) is 4.39 Å². The summed E-state index contributed by atoms with van der Waals surface area (Å²) in [6.07, 6.45) is 4.05. The van der Waals surface area contributed by atoms with E-state index >= 15 is 0 Å². The molecule has 1 aromatic carbocycles. The van der Waals surface area contributed by atoms with Gasteiger partial charge in [0.05, 0.1) is 12.0 Å². The molecule has 0 atom stereocenters. The van der Waals surface area contributed by atoms with E-state index in [-0.39, 0.29) is 35.6 Å². The van der Waals surface area contributed by atoms with Crippen molar-refractivity contribution < 1.29 is 22.3 Å². The molecule has 1 aliphatic carbocycles. The van der Waals surface area contributed by atoms with Gasteiger partial charge in [-0.2, -0.15) is 4.31 Å². The molecule has 25 heavy (non-hydrogen) atoms. The van der Waals surface area contributed by atoms with Gasteiger partial charge in [-0.3, -0.25) is 4.79 Å². The van der Waals surface area contributed by atoms with Crippen LogP contribution in [0.25, 0.3) is 0 Å². The van der Waals surface area contributed by atoms with Crippen LogP contribution in [0.1, 0.15) is 25.7 Å². The van der Waals surface area contributed by atoms with Crippen molar-refractivity contribution in [3.8, 4) is 5.75 Å². The highest BCUT2D eigenvalue weighted by molar-refractivity contribution is 7.89. The second-order valence-electron chi connectivity index (χ2n) is 6.51. The Balaban J connectivity index is 1.67. The lowest BCUT2D eigenvalue weighted by molar-refractivity contribution is -0.136. The molecular weight excluding hydrogens is 347 g/mol. The molecule has 2 aliphatic rings. The van der Waals surface area contributed by atoms with Crippen molar-refractivity contribution in [3.63, 3.8) is 0 Å². The molecular formula is C17H23FN2O4S. The zero-order valence-electron chi connectivity index (χ0n) is 14.3. The molecule has 0 unspecified atom stereocenters. The summed E-state index contributed by atoms with van der Waals surface area (Å²) < 4.78 is 45.3. The van der Waals surface area contributed by atoms with Gasteiger partial charge in [-0.05, 0) is 31.0 Å². The molecule has 0 radical (unpaired) electrons. The molecule has 1 heterocycles. The molecule has 8 heteroatoms. The van der Waals surface area contributed by atoms with E-state index in [1.165, 1.54) is 23.5 Å². The molecule has 1 saturated carbocycles. The second-order valence-corrected chi connectivity index (χ2v) is 8.45. The highest BCUT2D eigenvalue weighted by atomic mass is 32.2. The fraction of sp³-hybridized carbons (Fsp3) is 0.588. The first kappa shape index (κ1) is 18.1. The van der Waals surface area contributed by atoms with E-state index in [4.69, 9.17) is 4.74 Å². The second kappa shape index (κ2) is 7.29. The van der Waals surface area contributed by atoms with Crippen LogP contribution in [-0.2, 0) is 14.8 Å². The van der Waals surface area contributed by atoms with Crippen molar-refractivity contribution in [3.05, 3.63) is 24.0 Å². The maximum absolute atomic E-state index is 13.8. The Kier molecular flexibility index (Phi) is 5.29. The van der Waals surface area contributed by atoms with Crippen LogP contribution in [0.15, 0.2) is 23.1 Å². The van der Waals surface area contributed by atoms with E-state index < -0.39 is 15.8 Å². The van der Waals surface area contributed by atoms with E-state index in [2.05, 4.69) is 0 Å². The summed E-state index contributed by atoms with van der Waals surface area (Å²) in [5.41, 5.74) is 0. The Bertz CT molecular complexity index is 739. The Labute approximate surface area is 147 Å². The van der Waals surface area contributed by atoms with Crippen LogP contribution in [-0.4, -0.2) is 56.8 Å². The highest BCUT2D eigenvalue weighted by Crippen LogP contribution is 2.28. The zero-order chi connectivity index (χ0) is 18.0. The normalized spacial score (nSPS) is 20.0. The first-order chi connectivity index (χ1) is 11.9. The number of hydrogen-bond donors (Lipinski definition) is 0. The standard InChI is InChI=1S/C17H23FN2O4S/c1-24-16-7-6-14(12-15(16)18)25(22,23)20-10-8-19(9-11-20)17(21)13-4-2-3-5-13/h6-7,12-13H,2-5,8-11H2,1H3. The average molecular weight is 370 g/mol. The number of ether oxygens (including phenoxy) is 1. The number of sulfonamides is 1. The summed E-state index contributed by atoms with van der Waals surface area (Å²) in [5.74, 6) is -0.464. The van der Waals surface area contributed by atoms with E-state index in [1.54, 1.807) is 4.90 Å². The monoisotopic (exact) mass is 370 g/mol. The number of carbonyl (C=O) groups is 1. The number of piperazine rings is 1. The number of nitrogens with zero attached hydrogens (tertiary/aromatic N) is 2. The highest BCUT2D eigenvalue weighted by Gasteiger charge is 2.33. The lowest BCUT2D eigenvalue weighted by Crippen LogP contribution is -2.51. The average Bonchev–Trinajstić information content (AvgIpc) is 3.15. The predicted octanol–water partition coefficient (Wildman–Crippen LogP) is 1.86. The van der Waals surface area contributed by atoms with Crippen molar-refractivity contribution >= 4 is 15.9 Å². The van der Waals surface area contributed by atoms with Gasteiger partial charge in [-0.15, -0.1) is 0 Å². The number of halogens is 1. The molecule has 1 aliphatic heterocycles. The molecule has 2 fully saturated rings. The molecule has 0 bridgehead atoms. The summed E-state index contributed by atoms with van der Waals surface area (Å²) in [4.78, 5) is 14.1. The number of methoxy groups -OCH3 is 1. The van der Waals surface area contributed by atoms with Gasteiger partial charge < -0.3 is 9.64 Å². The maximum Gasteiger partial charge on any atom is 0.243 e. The fourth-order valence-corrected chi connectivity index (χ4v) is 4.97. The van der Waals surface area contributed by atoms with Crippen molar-refractivity contribution in [1.82, 2.24) is 9.21 Å². The third-order valence-corrected chi connectivity index (χ3v) is 6.91. The molecule has 6 nitrogen and oxygen atoms in total. The van der Waals surface area contributed by atoms with E-state index in [9.17, 15) is 17.6 Å². The first-order valence-corrected chi connectivity index (χ1v) is 10.00. The number of carbonyl (C=O) groups excluding carboxylic acids is 1. The van der Waals surface area contributed by atoms with Gasteiger partial charge in [0.2, 0.25) is 15.9 Å². The van der Waals surface area contributed by atoms with Gasteiger partial charge in [0, 0.05) is 32.1 Å². The predicted molar refractivity (Wildman–Crippen MR) is 90.2 cm³/mol. The summed E-state index contributed by atoms with van der Waals surface area (Å²) >= 11 is 0. The van der Waals surface area contributed by atoms with Gasteiger partial charge in [-0.1, -0.05) is 12.8 Å². The Morgan fingerprint density at radius 1 is 1.16 bits per heavy atom. The van der Waals surface area contributed by atoms with Crippen LogP contribution in [0.2, 0.25) is 0 Å². The van der Waals surface area contributed by atoms with Crippen LogP contribution >= 0.6 is 0 Å². The van der Waals surface area contributed by atoms with Crippen molar-refractivity contribution in [2.45, 2.75) is 30.6 Å². The molecule has 3 rings (SSSR count). The molecule has 1 aromatic rings. The Hall–Kier alpha value is -1.67. The third-order valence-electron chi connectivity index (χ3n) is 5.02. The minimum absolute atomic E-state index is 0.00549. The van der Waals surface area contributed by atoms with Crippen molar-refractivity contribution in [2.75, 3.05) is 33.3 Å². The number of rotatable bonds is 4. The van der Waals surface area contributed by atoms with Crippen LogP contribution in [0.5, 0.6) is 5.75 Å². The smallest absolute Gasteiger partial charge is 0.243 e. The van der Waals surface area contributed by atoms with Gasteiger partial charge in [0.25, 0.3) is 0 Å². The van der Waals surface area contributed by atoms with E-state index in [1.807, 2.05) is 0 Å². The summed E-state index contributed by atoms with van der Waals surface area (Å²) in [6.45, 7) is 1.23. The minimum Gasteiger partial charge on any atom is -0.494 e.